The zero-order valence-electron chi connectivity index (χ0n) is 12.9. The average molecular weight is 342 g/mol. The summed E-state index contributed by atoms with van der Waals surface area (Å²) in [6.45, 7) is 0.557. The fraction of sp³-hybridized carbons (Fsp3) is 0.176. The maximum Gasteiger partial charge on any atom is 0.227 e. The molecule has 1 amide bonds. The first-order valence-corrected chi connectivity index (χ1v) is 7.92. The molecule has 0 fully saturated rings. The lowest BCUT2D eigenvalue weighted by Crippen LogP contribution is -2.27. The van der Waals surface area contributed by atoms with Gasteiger partial charge in [-0.3, -0.25) is 14.9 Å². The van der Waals surface area contributed by atoms with Crippen molar-refractivity contribution in [2.75, 3.05) is 6.54 Å². The minimum atomic E-state index is -0.104. The zero-order valence-corrected chi connectivity index (χ0v) is 13.6. The van der Waals surface area contributed by atoms with Crippen LogP contribution in [0.3, 0.4) is 0 Å². The van der Waals surface area contributed by atoms with Gasteiger partial charge in [-0.05, 0) is 36.2 Å². The Labute approximate surface area is 144 Å². The van der Waals surface area contributed by atoms with Crippen molar-refractivity contribution in [1.82, 2.24) is 25.5 Å². The summed E-state index contributed by atoms with van der Waals surface area (Å²) in [7, 11) is 0. The van der Waals surface area contributed by atoms with E-state index < -0.39 is 0 Å². The number of carbonyl (C=O) groups is 1. The van der Waals surface area contributed by atoms with Crippen LogP contribution in [0.2, 0.25) is 5.02 Å². The molecule has 0 aliphatic rings. The minimum absolute atomic E-state index is 0.104. The van der Waals surface area contributed by atoms with Crippen molar-refractivity contribution >= 4 is 17.5 Å². The molecule has 0 saturated carbocycles. The SMILES string of the molecule is O=C(Cc1nc(-c2ccccn2)n[nH]1)NCCc1ccc(Cl)cc1. The summed E-state index contributed by atoms with van der Waals surface area (Å²) in [5, 5.41) is 10.4. The Kier molecular flexibility index (Phi) is 5.18. The normalized spacial score (nSPS) is 10.5. The second-order valence-corrected chi connectivity index (χ2v) is 5.66. The second-order valence-electron chi connectivity index (χ2n) is 5.22. The summed E-state index contributed by atoms with van der Waals surface area (Å²) in [6.07, 6.45) is 2.58. The number of hydrogen-bond acceptors (Lipinski definition) is 4. The monoisotopic (exact) mass is 341 g/mol. The van der Waals surface area contributed by atoms with Gasteiger partial charge in [0.15, 0.2) is 5.82 Å². The van der Waals surface area contributed by atoms with Gasteiger partial charge in [-0.15, -0.1) is 0 Å². The standard InChI is InChI=1S/C17H16ClN5O/c18-13-6-4-12(5-7-13)8-10-20-16(24)11-15-21-17(23-22-15)14-3-1-2-9-19-14/h1-7,9H,8,10-11H2,(H,20,24)(H,21,22,23). The number of aromatic nitrogens is 4. The number of carbonyl (C=O) groups excluding carboxylic acids is 1. The number of aromatic amines is 1. The molecule has 24 heavy (non-hydrogen) atoms. The van der Waals surface area contributed by atoms with Crippen molar-refractivity contribution in [2.24, 2.45) is 0 Å². The van der Waals surface area contributed by atoms with Crippen molar-refractivity contribution < 1.29 is 4.79 Å². The van der Waals surface area contributed by atoms with Crippen molar-refractivity contribution in [3.05, 3.63) is 65.1 Å². The molecule has 6 nitrogen and oxygen atoms in total. The summed E-state index contributed by atoms with van der Waals surface area (Å²) in [6, 6.07) is 13.1. The number of rotatable bonds is 6. The molecule has 0 aliphatic heterocycles. The first kappa shape index (κ1) is 16.1. The number of amides is 1. The number of benzene rings is 1. The first-order chi connectivity index (χ1) is 11.7. The lowest BCUT2D eigenvalue weighted by atomic mass is 10.1. The Morgan fingerprint density at radius 2 is 2.00 bits per heavy atom. The molecule has 2 aromatic heterocycles. The Hall–Kier alpha value is -2.73. The minimum Gasteiger partial charge on any atom is -0.355 e. The molecule has 3 rings (SSSR count). The van der Waals surface area contributed by atoms with Crippen LogP contribution in [0.15, 0.2) is 48.7 Å². The highest BCUT2D eigenvalue weighted by atomic mass is 35.5. The summed E-state index contributed by atoms with van der Waals surface area (Å²) in [5.74, 6) is 0.895. The fourth-order valence-corrected chi connectivity index (χ4v) is 2.32. The number of halogens is 1. The van der Waals surface area contributed by atoms with Crippen LogP contribution >= 0.6 is 11.6 Å². The topological polar surface area (TPSA) is 83.6 Å². The van der Waals surface area contributed by atoms with E-state index in [4.69, 9.17) is 11.6 Å². The van der Waals surface area contributed by atoms with Crippen molar-refractivity contribution in [3.8, 4) is 11.5 Å². The molecule has 0 radical (unpaired) electrons. The van der Waals surface area contributed by atoms with Crippen LogP contribution in [0.1, 0.15) is 11.4 Å². The molecule has 1 aromatic carbocycles. The quantitative estimate of drug-likeness (QED) is 0.721. The molecule has 122 valence electrons. The van der Waals surface area contributed by atoms with Crippen LogP contribution in [-0.4, -0.2) is 32.6 Å². The smallest absolute Gasteiger partial charge is 0.227 e. The highest BCUT2D eigenvalue weighted by Crippen LogP contribution is 2.11. The molecule has 0 saturated heterocycles. The molecule has 3 aromatic rings. The van der Waals surface area contributed by atoms with Crippen LogP contribution in [0.4, 0.5) is 0 Å². The third-order valence-electron chi connectivity index (χ3n) is 3.40. The van der Waals surface area contributed by atoms with E-state index in [1.165, 1.54) is 0 Å². The molecule has 0 spiro atoms. The second kappa shape index (κ2) is 7.70. The van der Waals surface area contributed by atoms with Crippen LogP contribution in [0, 0.1) is 0 Å². The number of hydrogen-bond donors (Lipinski definition) is 2. The van der Waals surface area contributed by atoms with E-state index in [0.717, 1.165) is 12.0 Å². The molecular formula is C17H16ClN5O. The summed E-state index contributed by atoms with van der Waals surface area (Å²) < 4.78 is 0. The van der Waals surface area contributed by atoms with E-state index in [-0.39, 0.29) is 12.3 Å². The highest BCUT2D eigenvalue weighted by Gasteiger charge is 2.10. The summed E-state index contributed by atoms with van der Waals surface area (Å²) in [5.41, 5.74) is 1.79. The number of nitrogens with zero attached hydrogens (tertiary/aromatic N) is 3. The van der Waals surface area contributed by atoms with E-state index >= 15 is 0 Å². The van der Waals surface area contributed by atoms with Crippen LogP contribution < -0.4 is 5.32 Å². The number of H-pyrrole nitrogens is 1. The van der Waals surface area contributed by atoms with Crippen LogP contribution in [0.5, 0.6) is 0 Å². The van der Waals surface area contributed by atoms with Crippen LogP contribution in [0.25, 0.3) is 11.5 Å². The van der Waals surface area contributed by atoms with Gasteiger partial charge in [-0.2, -0.15) is 5.10 Å². The number of nitrogens with one attached hydrogen (secondary N) is 2. The van der Waals surface area contributed by atoms with Crippen molar-refractivity contribution in [3.63, 3.8) is 0 Å². The van der Waals surface area contributed by atoms with E-state index in [1.54, 1.807) is 6.20 Å². The third kappa shape index (κ3) is 4.39. The van der Waals surface area contributed by atoms with Gasteiger partial charge in [0.25, 0.3) is 0 Å². The van der Waals surface area contributed by atoms with Crippen molar-refractivity contribution in [1.29, 1.82) is 0 Å². The van der Waals surface area contributed by atoms with Crippen molar-refractivity contribution in [2.45, 2.75) is 12.8 Å². The molecular weight excluding hydrogens is 326 g/mol. The molecule has 2 N–H and O–H groups in total. The van der Waals surface area contributed by atoms with Crippen LogP contribution in [-0.2, 0) is 17.6 Å². The molecule has 0 aliphatic carbocycles. The Morgan fingerprint density at radius 3 is 2.75 bits per heavy atom. The predicted octanol–water partition coefficient (Wildman–Crippen LogP) is 2.42. The Balaban J connectivity index is 1.48. The average Bonchev–Trinajstić information content (AvgIpc) is 3.06. The van der Waals surface area contributed by atoms with Gasteiger partial charge in [-0.1, -0.05) is 29.8 Å². The molecule has 0 unspecified atom stereocenters. The summed E-state index contributed by atoms with van der Waals surface area (Å²) >= 11 is 5.84. The zero-order chi connectivity index (χ0) is 16.8. The largest absolute Gasteiger partial charge is 0.355 e. The molecule has 0 atom stereocenters. The number of pyridine rings is 1. The van der Waals surface area contributed by atoms with Gasteiger partial charge >= 0.3 is 0 Å². The highest BCUT2D eigenvalue weighted by molar-refractivity contribution is 6.30. The fourth-order valence-electron chi connectivity index (χ4n) is 2.20. The first-order valence-electron chi connectivity index (χ1n) is 7.54. The third-order valence-corrected chi connectivity index (χ3v) is 3.65. The molecule has 0 bridgehead atoms. The Bertz CT molecular complexity index is 801. The predicted molar refractivity (Wildman–Crippen MR) is 91.5 cm³/mol. The van der Waals surface area contributed by atoms with Gasteiger partial charge < -0.3 is 5.32 Å². The molecule has 7 heteroatoms. The lowest BCUT2D eigenvalue weighted by Gasteiger charge is -2.04. The Morgan fingerprint density at radius 1 is 1.17 bits per heavy atom. The van der Waals surface area contributed by atoms with Gasteiger partial charge in [0.1, 0.15) is 11.5 Å². The van der Waals surface area contributed by atoms with Gasteiger partial charge in [0, 0.05) is 17.8 Å². The van der Waals surface area contributed by atoms with E-state index in [2.05, 4.69) is 25.5 Å². The van der Waals surface area contributed by atoms with Gasteiger partial charge in [0.2, 0.25) is 5.91 Å². The maximum atomic E-state index is 12.0. The maximum absolute atomic E-state index is 12.0. The molecule has 2 heterocycles. The van der Waals surface area contributed by atoms with E-state index in [9.17, 15) is 4.79 Å². The van der Waals surface area contributed by atoms with E-state index in [1.807, 2.05) is 42.5 Å². The van der Waals surface area contributed by atoms with Gasteiger partial charge in [0.05, 0.1) is 6.42 Å². The summed E-state index contributed by atoms with van der Waals surface area (Å²) in [4.78, 5) is 20.4. The van der Waals surface area contributed by atoms with Gasteiger partial charge in [-0.25, -0.2) is 4.98 Å². The van der Waals surface area contributed by atoms with E-state index in [0.29, 0.717) is 28.9 Å². The lowest BCUT2D eigenvalue weighted by molar-refractivity contribution is -0.120.